The highest BCUT2D eigenvalue weighted by molar-refractivity contribution is 7.89. The van der Waals surface area contributed by atoms with E-state index < -0.39 is 10.0 Å². The first kappa shape index (κ1) is 24.3. The normalized spacial score (nSPS) is 15.7. The van der Waals surface area contributed by atoms with Crippen LogP contribution >= 0.6 is 0 Å². The third-order valence-corrected chi connectivity index (χ3v) is 7.96. The highest BCUT2D eigenvalue weighted by Crippen LogP contribution is 2.26. The molecule has 1 saturated heterocycles. The number of carbonyl (C=O) groups is 1. The molecule has 32 heavy (non-hydrogen) atoms. The second-order valence-corrected chi connectivity index (χ2v) is 10.8. The van der Waals surface area contributed by atoms with Crippen LogP contribution in [0, 0.1) is 12.8 Å². The number of ether oxygens (including phenoxy) is 1. The largest absolute Gasteiger partial charge is 0.492 e. The van der Waals surface area contributed by atoms with Gasteiger partial charge in [-0.15, -0.1) is 0 Å². The number of hydrogen-bond acceptors (Lipinski definition) is 4. The van der Waals surface area contributed by atoms with E-state index in [1.54, 1.807) is 24.1 Å². The quantitative estimate of drug-likeness (QED) is 0.598. The van der Waals surface area contributed by atoms with Crippen molar-refractivity contribution < 1.29 is 17.9 Å². The Morgan fingerprint density at radius 1 is 1.12 bits per heavy atom. The Labute approximate surface area is 192 Å². The molecule has 1 fully saturated rings. The zero-order valence-electron chi connectivity index (χ0n) is 19.5. The molecule has 1 heterocycles. The fraction of sp³-hybridized carbons (Fsp3) is 0.480. The minimum Gasteiger partial charge on any atom is -0.492 e. The van der Waals surface area contributed by atoms with Crippen molar-refractivity contribution in [3.63, 3.8) is 0 Å². The fourth-order valence-electron chi connectivity index (χ4n) is 3.94. The molecule has 2 aromatic rings. The van der Waals surface area contributed by atoms with E-state index in [1.807, 2.05) is 43.3 Å². The van der Waals surface area contributed by atoms with Crippen molar-refractivity contribution in [2.45, 2.75) is 44.4 Å². The summed E-state index contributed by atoms with van der Waals surface area (Å²) in [6, 6.07) is 14.9. The highest BCUT2D eigenvalue weighted by Gasteiger charge is 2.33. The van der Waals surface area contributed by atoms with Gasteiger partial charge in [-0.2, -0.15) is 4.31 Å². The summed E-state index contributed by atoms with van der Waals surface area (Å²) in [6.07, 6.45) is 1.07. The summed E-state index contributed by atoms with van der Waals surface area (Å²) in [5, 5.41) is 0. The lowest BCUT2D eigenvalue weighted by molar-refractivity contribution is -0.135. The zero-order chi connectivity index (χ0) is 23.3. The maximum absolute atomic E-state index is 13.0. The Kier molecular flexibility index (Phi) is 7.96. The molecule has 1 aliphatic rings. The molecular weight excluding hydrogens is 424 g/mol. The number of carbonyl (C=O) groups excluding carboxylic acids is 1. The second-order valence-electron chi connectivity index (χ2n) is 8.83. The average Bonchev–Trinajstić information content (AvgIpc) is 2.78. The Morgan fingerprint density at radius 3 is 2.38 bits per heavy atom. The number of aryl methyl sites for hydroxylation is 1. The summed E-state index contributed by atoms with van der Waals surface area (Å²) in [7, 11) is -1.75. The number of piperidine rings is 1. The Hall–Kier alpha value is -2.38. The van der Waals surface area contributed by atoms with Crippen molar-refractivity contribution >= 4 is 15.9 Å². The van der Waals surface area contributed by atoms with Gasteiger partial charge in [-0.3, -0.25) is 4.79 Å². The molecule has 3 rings (SSSR count). The summed E-state index contributed by atoms with van der Waals surface area (Å²) in [6.45, 7) is 7.80. The topological polar surface area (TPSA) is 66.9 Å². The molecule has 0 radical (unpaired) electrons. The lowest BCUT2D eigenvalue weighted by Crippen LogP contribution is -2.44. The summed E-state index contributed by atoms with van der Waals surface area (Å²) in [5.74, 6) is 1.04. The van der Waals surface area contributed by atoms with Gasteiger partial charge >= 0.3 is 0 Å². The van der Waals surface area contributed by atoms with Crippen molar-refractivity contribution in [3.8, 4) is 5.75 Å². The number of rotatable bonds is 8. The number of amides is 1. The lowest BCUT2D eigenvalue weighted by atomic mass is 9.97. The predicted molar refractivity (Wildman–Crippen MR) is 126 cm³/mol. The van der Waals surface area contributed by atoms with Crippen LogP contribution < -0.4 is 4.74 Å². The molecule has 0 unspecified atom stereocenters. The Balaban J connectivity index is 1.50. The number of sulfonamides is 1. The SMILES string of the molecule is Cc1cccc(OCCN(C)C(=O)C2CCN(S(=O)(=O)c3ccc(C(C)C)cc3)CC2)c1. The molecule has 0 bridgehead atoms. The van der Waals surface area contributed by atoms with Gasteiger partial charge in [-0.1, -0.05) is 38.1 Å². The molecular formula is C25H34N2O4S. The van der Waals surface area contributed by atoms with Gasteiger partial charge in [0.05, 0.1) is 11.4 Å². The monoisotopic (exact) mass is 458 g/mol. The number of benzene rings is 2. The van der Waals surface area contributed by atoms with E-state index in [0.717, 1.165) is 16.9 Å². The van der Waals surface area contributed by atoms with Crippen LogP contribution in [0.2, 0.25) is 0 Å². The lowest BCUT2D eigenvalue weighted by Gasteiger charge is -2.32. The maximum atomic E-state index is 13.0. The van der Waals surface area contributed by atoms with E-state index in [9.17, 15) is 13.2 Å². The molecule has 0 atom stereocenters. The molecule has 6 nitrogen and oxygen atoms in total. The zero-order valence-corrected chi connectivity index (χ0v) is 20.3. The van der Waals surface area contributed by atoms with Gasteiger partial charge in [0.15, 0.2) is 0 Å². The van der Waals surface area contributed by atoms with Crippen LogP contribution in [0.5, 0.6) is 5.75 Å². The molecule has 0 N–H and O–H groups in total. The van der Waals surface area contributed by atoms with Crippen LogP contribution in [0.3, 0.4) is 0 Å². The van der Waals surface area contributed by atoms with Crippen molar-refractivity contribution in [2.75, 3.05) is 33.3 Å². The first-order chi connectivity index (χ1) is 15.2. The second kappa shape index (κ2) is 10.5. The van der Waals surface area contributed by atoms with E-state index in [2.05, 4.69) is 13.8 Å². The molecule has 1 aliphatic heterocycles. The first-order valence-corrected chi connectivity index (χ1v) is 12.7. The van der Waals surface area contributed by atoms with Gasteiger partial charge < -0.3 is 9.64 Å². The maximum Gasteiger partial charge on any atom is 0.243 e. The van der Waals surface area contributed by atoms with Gasteiger partial charge in [0.25, 0.3) is 0 Å². The van der Waals surface area contributed by atoms with Gasteiger partial charge in [0.2, 0.25) is 15.9 Å². The molecule has 0 aliphatic carbocycles. The summed E-state index contributed by atoms with van der Waals surface area (Å²) in [5.41, 5.74) is 2.24. The molecule has 174 valence electrons. The van der Waals surface area contributed by atoms with Crippen LogP contribution in [0.4, 0.5) is 0 Å². The molecule has 7 heteroatoms. The predicted octanol–water partition coefficient (Wildman–Crippen LogP) is 4.06. The van der Waals surface area contributed by atoms with Crippen LogP contribution in [0.25, 0.3) is 0 Å². The van der Waals surface area contributed by atoms with E-state index in [1.165, 1.54) is 4.31 Å². The fourth-order valence-corrected chi connectivity index (χ4v) is 5.41. The van der Waals surface area contributed by atoms with Crippen molar-refractivity contribution in [3.05, 3.63) is 59.7 Å². The summed E-state index contributed by atoms with van der Waals surface area (Å²) in [4.78, 5) is 14.8. The molecule has 0 aromatic heterocycles. The van der Waals surface area contributed by atoms with Crippen LogP contribution in [0.1, 0.15) is 43.7 Å². The van der Waals surface area contributed by atoms with Gasteiger partial charge in [-0.05, 0) is 61.1 Å². The van der Waals surface area contributed by atoms with Crippen LogP contribution in [0.15, 0.2) is 53.4 Å². The molecule has 1 amide bonds. The highest BCUT2D eigenvalue weighted by atomic mass is 32.2. The minimum atomic E-state index is -3.53. The number of hydrogen-bond donors (Lipinski definition) is 0. The van der Waals surface area contributed by atoms with Crippen LogP contribution in [-0.2, 0) is 14.8 Å². The van der Waals surface area contributed by atoms with Gasteiger partial charge in [-0.25, -0.2) is 8.42 Å². The smallest absolute Gasteiger partial charge is 0.243 e. The number of likely N-dealkylation sites (N-methyl/N-ethyl adjacent to an activating group) is 1. The molecule has 2 aromatic carbocycles. The van der Waals surface area contributed by atoms with Gasteiger partial charge in [0.1, 0.15) is 12.4 Å². The first-order valence-electron chi connectivity index (χ1n) is 11.2. The van der Waals surface area contributed by atoms with Crippen molar-refractivity contribution in [1.82, 2.24) is 9.21 Å². The molecule has 0 spiro atoms. The van der Waals surface area contributed by atoms with E-state index >= 15 is 0 Å². The third kappa shape index (κ3) is 5.90. The Morgan fingerprint density at radius 2 is 1.78 bits per heavy atom. The summed E-state index contributed by atoms with van der Waals surface area (Å²) < 4.78 is 33.2. The minimum absolute atomic E-state index is 0.0520. The van der Waals surface area contributed by atoms with Crippen molar-refractivity contribution in [2.24, 2.45) is 5.92 Å². The van der Waals surface area contributed by atoms with Gasteiger partial charge in [0, 0.05) is 26.1 Å². The molecule has 0 saturated carbocycles. The average molecular weight is 459 g/mol. The van der Waals surface area contributed by atoms with Crippen molar-refractivity contribution in [1.29, 1.82) is 0 Å². The summed E-state index contributed by atoms with van der Waals surface area (Å²) >= 11 is 0. The third-order valence-electron chi connectivity index (χ3n) is 6.05. The van der Waals surface area contributed by atoms with E-state index in [0.29, 0.717) is 49.9 Å². The van der Waals surface area contributed by atoms with E-state index in [4.69, 9.17) is 4.74 Å². The Bertz CT molecular complexity index is 1010. The van der Waals surface area contributed by atoms with Crippen LogP contribution in [-0.4, -0.2) is 56.8 Å². The van der Waals surface area contributed by atoms with E-state index in [-0.39, 0.29) is 11.8 Å². The standard InChI is InChI=1S/C25H34N2O4S/c1-19(2)21-8-10-24(11-9-21)32(29,30)27-14-12-22(13-15-27)25(28)26(4)16-17-31-23-7-5-6-20(3)18-23/h5-11,18-19,22H,12-17H2,1-4H3. The number of nitrogens with zero attached hydrogens (tertiary/aromatic N) is 2.